The molecular formula is C27H28FNO2. The number of aliphatic hydroxyl groups is 1. The Kier molecular flexibility index (Phi) is 6.01. The van der Waals surface area contributed by atoms with Gasteiger partial charge < -0.3 is 5.11 Å². The summed E-state index contributed by atoms with van der Waals surface area (Å²) in [6, 6.07) is 10.5. The third-order valence-electron chi connectivity index (χ3n) is 6.41. The molecule has 4 rings (SSSR count). The fraction of sp³-hybridized carbons (Fsp3) is 0.333. The minimum atomic E-state index is -0.311. The zero-order valence-electron chi connectivity index (χ0n) is 18.3. The smallest absolute Gasteiger partial charge is 0.180 e. The molecule has 0 aliphatic heterocycles. The van der Waals surface area contributed by atoms with Crippen molar-refractivity contribution in [1.82, 2.24) is 4.98 Å². The van der Waals surface area contributed by atoms with Crippen molar-refractivity contribution in [3.63, 3.8) is 0 Å². The number of aromatic nitrogens is 1. The molecule has 1 N–H and O–H groups in total. The van der Waals surface area contributed by atoms with Crippen LogP contribution in [0.25, 0.3) is 27.6 Å². The molecule has 0 fully saturated rings. The molecule has 1 aliphatic carbocycles. The molecule has 1 aliphatic rings. The number of hydrogen-bond acceptors (Lipinski definition) is 3. The second-order valence-electron chi connectivity index (χ2n) is 8.45. The fourth-order valence-electron chi connectivity index (χ4n) is 4.75. The van der Waals surface area contributed by atoms with E-state index in [2.05, 4.69) is 24.9 Å². The minimum absolute atomic E-state index is 0.0519. The number of nitrogens with zero attached hydrogens (tertiary/aromatic N) is 1. The zero-order chi connectivity index (χ0) is 22.1. The zero-order valence-corrected chi connectivity index (χ0v) is 18.3. The molecule has 4 heteroatoms. The maximum Gasteiger partial charge on any atom is 0.180 e. The van der Waals surface area contributed by atoms with E-state index in [-0.39, 0.29) is 18.2 Å². The lowest BCUT2D eigenvalue weighted by atomic mass is 9.82. The van der Waals surface area contributed by atoms with Crippen molar-refractivity contribution < 1.29 is 14.3 Å². The van der Waals surface area contributed by atoms with Crippen LogP contribution >= 0.6 is 0 Å². The van der Waals surface area contributed by atoms with Crippen LogP contribution in [0.2, 0.25) is 0 Å². The van der Waals surface area contributed by atoms with Gasteiger partial charge in [0.25, 0.3) is 0 Å². The first-order valence-electron chi connectivity index (χ1n) is 11.0. The number of benzene rings is 2. The Morgan fingerprint density at radius 2 is 1.97 bits per heavy atom. The highest BCUT2D eigenvalue weighted by Crippen LogP contribution is 2.40. The number of fused-ring (bicyclic) bond motifs is 1. The Morgan fingerprint density at radius 1 is 1.19 bits per heavy atom. The summed E-state index contributed by atoms with van der Waals surface area (Å²) < 4.78 is 14.8. The second-order valence-corrected chi connectivity index (χ2v) is 8.45. The molecule has 1 heterocycles. The van der Waals surface area contributed by atoms with Gasteiger partial charge in [-0.25, -0.2) is 9.37 Å². The maximum absolute atomic E-state index is 14.8. The summed E-state index contributed by atoms with van der Waals surface area (Å²) in [6.45, 7) is 6.16. The average Bonchev–Trinajstić information content (AvgIpc) is 2.78. The van der Waals surface area contributed by atoms with Crippen LogP contribution in [0.5, 0.6) is 0 Å². The summed E-state index contributed by atoms with van der Waals surface area (Å²) in [5.41, 5.74) is 6.91. The molecular weight excluding hydrogens is 389 g/mol. The number of carbonyl (C=O) groups excluding carboxylic acids is 1. The molecule has 2 aromatic carbocycles. The second kappa shape index (κ2) is 8.72. The number of hydrogen-bond donors (Lipinski definition) is 1. The Bertz CT molecular complexity index is 1200. The lowest BCUT2D eigenvalue weighted by molar-refractivity contribution is 0.0983. The van der Waals surface area contributed by atoms with Crippen molar-refractivity contribution in [2.24, 2.45) is 5.92 Å². The van der Waals surface area contributed by atoms with Crippen molar-refractivity contribution in [2.75, 3.05) is 6.61 Å². The predicted molar refractivity (Wildman–Crippen MR) is 124 cm³/mol. The van der Waals surface area contributed by atoms with Gasteiger partial charge in [-0.2, -0.15) is 0 Å². The van der Waals surface area contributed by atoms with Crippen LogP contribution in [-0.2, 0) is 0 Å². The van der Waals surface area contributed by atoms with Crippen LogP contribution in [0.3, 0.4) is 0 Å². The number of ketones is 1. The molecule has 3 nitrogen and oxygen atoms in total. The summed E-state index contributed by atoms with van der Waals surface area (Å²) >= 11 is 0. The van der Waals surface area contributed by atoms with Gasteiger partial charge in [0.15, 0.2) is 5.78 Å². The van der Waals surface area contributed by atoms with E-state index in [1.165, 1.54) is 17.2 Å². The van der Waals surface area contributed by atoms with Crippen LogP contribution in [0.15, 0.2) is 42.5 Å². The van der Waals surface area contributed by atoms with E-state index in [0.29, 0.717) is 29.2 Å². The Morgan fingerprint density at radius 3 is 2.61 bits per heavy atom. The molecule has 0 spiro atoms. The number of halogens is 1. The van der Waals surface area contributed by atoms with E-state index in [4.69, 9.17) is 0 Å². The van der Waals surface area contributed by atoms with E-state index in [9.17, 15) is 14.3 Å². The third kappa shape index (κ3) is 3.92. The first-order chi connectivity index (χ1) is 14.9. The number of aryl methyl sites for hydroxylation is 2. The molecule has 3 aromatic rings. The van der Waals surface area contributed by atoms with Crippen molar-refractivity contribution >= 4 is 22.3 Å². The molecule has 0 radical (unpaired) electrons. The maximum atomic E-state index is 14.8. The lowest BCUT2D eigenvalue weighted by Crippen LogP contribution is -2.11. The Hall–Kier alpha value is -2.85. The number of pyridine rings is 1. The number of allylic oxidation sites excluding steroid dienone is 2. The molecule has 0 amide bonds. The quantitative estimate of drug-likeness (QED) is 0.487. The van der Waals surface area contributed by atoms with Crippen molar-refractivity contribution in [3.8, 4) is 11.1 Å². The van der Waals surface area contributed by atoms with Crippen LogP contribution in [0.4, 0.5) is 4.39 Å². The average molecular weight is 418 g/mol. The predicted octanol–water partition coefficient (Wildman–Crippen LogP) is 6.43. The Labute approximate surface area is 182 Å². The highest BCUT2D eigenvalue weighted by molar-refractivity contribution is 6.04. The molecule has 1 aromatic heterocycles. The van der Waals surface area contributed by atoms with Gasteiger partial charge in [-0.1, -0.05) is 31.2 Å². The van der Waals surface area contributed by atoms with E-state index < -0.39 is 0 Å². The molecule has 1 atom stereocenters. The van der Waals surface area contributed by atoms with Gasteiger partial charge >= 0.3 is 0 Å². The summed E-state index contributed by atoms with van der Waals surface area (Å²) in [4.78, 5) is 17.2. The summed E-state index contributed by atoms with van der Waals surface area (Å²) in [5, 5.41) is 10.4. The highest BCUT2D eigenvalue weighted by Gasteiger charge is 2.22. The van der Waals surface area contributed by atoms with Crippen molar-refractivity contribution in [1.29, 1.82) is 0 Å². The fourth-order valence-corrected chi connectivity index (χ4v) is 4.75. The summed E-state index contributed by atoms with van der Waals surface area (Å²) in [7, 11) is 0. The van der Waals surface area contributed by atoms with Crippen molar-refractivity contribution in [2.45, 2.75) is 46.5 Å². The monoisotopic (exact) mass is 417 g/mol. The first-order valence-corrected chi connectivity index (χ1v) is 11.0. The lowest BCUT2D eigenvalue weighted by Gasteiger charge is -2.24. The van der Waals surface area contributed by atoms with Crippen LogP contribution in [-0.4, -0.2) is 22.5 Å². The van der Waals surface area contributed by atoms with E-state index in [1.54, 1.807) is 18.2 Å². The molecule has 0 saturated carbocycles. The topological polar surface area (TPSA) is 50.2 Å². The van der Waals surface area contributed by atoms with E-state index >= 15 is 0 Å². The molecule has 1 unspecified atom stereocenters. The van der Waals surface area contributed by atoms with Gasteiger partial charge in [0.05, 0.1) is 5.52 Å². The van der Waals surface area contributed by atoms with Gasteiger partial charge in [-0.05, 0) is 85.1 Å². The number of rotatable bonds is 5. The third-order valence-corrected chi connectivity index (χ3v) is 6.41. The number of Topliss-reactive ketones (excluding diaryl/α,β-unsaturated/α-hetero) is 1. The van der Waals surface area contributed by atoms with Gasteiger partial charge in [0.2, 0.25) is 0 Å². The summed E-state index contributed by atoms with van der Waals surface area (Å²) in [5.74, 6) is -0.0407. The van der Waals surface area contributed by atoms with E-state index in [0.717, 1.165) is 41.3 Å². The Balaban J connectivity index is 2.01. The highest BCUT2D eigenvalue weighted by atomic mass is 19.1. The minimum Gasteiger partial charge on any atom is -0.396 e. The van der Waals surface area contributed by atoms with E-state index in [1.807, 2.05) is 19.1 Å². The van der Waals surface area contributed by atoms with Gasteiger partial charge in [0, 0.05) is 24.0 Å². The van der Waals surface area contributed by atoms with Gasteiger partial charge in [0.1, 0.15) is 11.5 Å². The van der Waals surface area contributed by atoms with Crippen LogP contribution in [0, 0.1) is 25.6 Å². The molecule has 31 heavy (non-hydrogen) atoms. The van der Waals surface area contributed by atoms with Gasteiger partial charge in [-0.15, -0.1) is 0 Å². The number of aliphatic hydroxyl groups excluding tert-OH is 1. The normalized spacial score (nSPS) is 16.4. The largest absolute Gasteiger partial charge is 0.396 e. The molecule has 0 saturated heterocycles. The first kappa shape index (κ1) is 21.4. The number of carbonyl (C=O) groups is 1. The van der Waals surface area contributed by atoms with Crippen LogP contribution < -0.4 is 0 Å². The van der Waals surface area contributed by atoms with Crippen LogP contribution in [0.1, 0.15) is 59.8 Å². The van der Waals surface area contributed by atoms with Crippen molar-refractivity contribution in [3.05, 3.63) is 70.7 Å². The summed E-state index contributed by atoms with van der Waals surface area (Å²) in [6.07, 6.45) is 5.32. The SMILES string of the molecule is CCC(=O)c1cc(-c2ccccc2F)c2c(C)c(C3=CCC(CO)CC3)c(C)cc2n1. The standard InChI is InChI=1S/C27H28FNO2/c1-4-25(31)23-14-21(20-7-5-6-8-22(20)28)27-17(3)26(16(2)13-24(27)29-23)19-11-9-18(15-30)10-12-19/h5-8,11,13-14,18,30H,4,9-10,12,15H2,1-3H3. The van der Waals surface area contributed by atoms with Gasteiger partial charge in [-0.3, -0.25) is 4.79 Å². The molecule has 160 valence electrons. The molecule has 0 bridgehead atoms.